The molecule has 1 atom stereocenters. The van der Waals surface area contributed by atoms with Gasteiger partial charge in [-0.2, -0.15) is 0 Å². The van der Waals surface area contributed by atoms with Gasteiger partial charge in [0.05, 0.1) is 0 Å². The monoisotopic (exact) mass is 408 g/mol. The van der Waals surface area contributed by atoms with Gasteiger partial charge in [-0.15, -0.1) is 0 Å². The van der Waals surface area contributed by atoms with E-state index in [0.29, 0.717) is 12.1 Å². The zero-order valence-corrected chi connectivity index (χ0v) is 17.2. The summed E-state index contributed by atoms with van der Waals surface area (Å²) in [5, 5.41) is 7.76. The van der Waals surface area contributed by atoms with Crippen molar-refractivity contribution in [1.29, 1.82) is 0 Å². The molecular formula is C24H28N2O4. The number of ether oxygens (including phenoxy) is 1. The number of benzene rings is 3. The van der Waals surface area contributed by atoms with Crippen LogP contribution in [0.15, 0.2) is 72.8 Å². The van der Waals surface area contributed by atoms with Crippen LogP contribution in [-0.4, -0.2) is 23.5 Å². The van der Waals surface area contributed by atoms with Crippen molar-refractivity contribution in [3.63, 3.8) is 0 Å². The minimum Gasteiger partial charge on any atom is -0.445 e. The number of rotatable bonds is 7. The van der Waals surface area contributed by atoms with E-state index in [1.54, 1.807) is 0 Å². The van der Waals surface area contributed by atoms with E-state index >= 15 is 0 Å². The summed E-state index contributed by atoms with van der Waals surface area (Å²) in [6.45, 7) is 4.17. The predicted octanol–water partition coefficient (Wildman–Crippen LogP) is 4.29. The second kappa shape index (κ2) is 11.0. The van der Waals surface area contributed by atoms with Crippen LogP contribution < -0.4 is 10.6 Å². The fourth-order valence-electron chi connectivity index (χ4n) is 3.11. The third-order valence-electron chi connectivity index (χ3n) is 4.55. The summed E-state index contributed by atoms with van der Waals surface area (Å²) in [6.07, 6.45) is -0.0898. The summed E-state index contributed by atoms with van der Waals surface area (Å²) in [5.41, 5.74) is 1.59. The van der Waals surface area contributed by atoms with E-state index in [4.69, 9.17) is 4.74 Å². The number of hydrogen-bond donors (Lipinski definition) is 2. The van der Waals surface area contributed by atoms with Crippen molar-refractivity contribution >= 4 is 28.5 Å². The lowest BCUT2D eigenvalue weighted by Crippen LogP contribution is -2.44. The normalized spacial score (nSPS) is 11.4. The molecule has 0 saturated heterocycles. The van der Waals surface area contributed by atoms with Gasteiger partial charge in [0, 0.05) is 5.69 Å². The number of nitrogens with one attached hydrogen (secondary N) is 2. The highest BCUT2D eigenvalue weighted by Crippen LogP contribution is 2.19. The van der Waals surface area contributed by atoms with E-state index in [2.05, 4.69) is 10.6 Å². The summed E-state index contributed by atoms with van der Waals surface area (Å²) >= 11 is 0. The van der Waals surface area contributed by atoms with Gasteiger partial charge in [0.15, 0.2) is 0 Å². The van der Waals surface area contributed by atoms with E-state index in [1.165, 1.54) is 0 Å². The van der Waals surface area contributed by atoms with Crippen molar-refractivity contribution in [2.75, 3.05) is 5.32 Å². The molecule has 0 spiro atoms. The third kappa shape index (κ3) is 6.60. The van der Waals surface area contributed by atoms with Crippen molar-refractivity contribution in [2.24, 2.45) is 5.92 Å². The lowest BCUT2D eigenvalue weighted by molar-refractivity contribution is -0.118. The molecule has 0 unspecified atom stereocenters. The summed E-state index contributed by atoms with van der Waals surface area (Å²) in [7, 11) is 0. The minimum absolute atomic E-state index is 0. The Morgan fingerprint density at radius 1 is 0.900 bits per heavy atom. The van der Waals surface area contributed by atoms with Gasteiger partial charge in [-0.25, -0.2) is 4.79 Å². The van der Waals surface area contributed by atoms with Crippen LogP contribution in [0.4, 0.5) is 10.5 Å². The smallest absolute Gasteiger partial charge is 0.408 e. The molecule has 4 N–H and O–H groups in total. The Morgan fingerprint density at radius 2 is 1.57 bits per heavy atom. The average Bonchev–Trinajstić information content (AvgIpc) is 2.72. The molecule has 30 heavy (non-hydrogen) atoms. The van der Waals surface area contributed by atoms with Crippen LogP contribution >= 0.6 is 0 Å². The van der Waals surface area contributed by atoms with E-state index in [1.807, 2.05) is 86.6 Å². The molecule has 0 radical (unpaired) electrons. The number of hydrogen-bond acceptors (Lipinski definition) is 3. The maximum absolute atomic E-state index is 12.8. The van der Waals surface area contributed by atoms with Gasteiger partial charge < -0.3 is 20.8 Å². The fourth-order valence-corrected chi connectivity index (χ4v) is 3.11. The van der Waals surface area contributed by atoms with Crippen LogP contribution in [0, 0.1) is 5.92 Å². The Morgan fingerprint density at radius 3 is 2.27 bits per heavy atom. The van der Waals surface area contributed by atoms with Crippen LogP contribution in [0.1, 0.15) is 25.8 Å². The zero-order chi connectivity index (χ0) is 20.6. The van der Waals surface area contributed by atoms with Crippen LogP contribution in [0.5, 0.6) is 0 Å². The average molecular weight is 408 g/mol. The summed E-state index contributed by atoms with van der Waals surface area (Å²) < 4.78 is 5.27. The summed E-state index contributed by atoms with van der Waals surface area (Å²) in [4.78, 5) is 25.0. The molecular weight excluding hydrogens is 380 g/mol. The first-order valence-corrected chi connectivity index (χ1v) is 9.78. The highest BCUT2D eigenvalue weighted by Gasteiger charge is 2.23. The Bertz CT molecular complexity index is 973. The molecule has 0 fully saturated rings. The van der Waals surface area contributed by atoms with Crippen molar-refractivity contribution in [2.45, 2.75) is 32.9 Å². The van der Waals surface area contributed by atoms with Crippen molar-refractivity contribution in [1.82, 2.24) is 5.32 Å². The van der Waals surface area contributed by atoms with Gasteiger partial charge in [-0.3, -0.25) is 4.79 Å². The van der Waals surface area contributed by atoms with Crippen LogP contribution in [0.3, 0.4) is 0 Å². The van der Waals surface area contributed by atoms with E-state index in [-0.39, 0.29) is 23.9 Å². The fraction of sp³-hybridized carbons (Fsp3) is 0.250. The first kappa shape index (κ1) is 22.9. The predicted molar refractivity (Wildman–Crippen MR) is 119 cm³/mol. The highest BCUT2D eigenvalue weighted by atomic mass is 16.5. The quantitative estimate of drug-likeness (QED) is 0.610. The molecule has 0 aliphatic rings. The van der Waals surface area contributed by atoms with E-state index in [9.17, 15) is 9.59 Å². The Balaban J connectivity index is 0.00000320. The van der Waals surface area contributed by atoms with Crippen molar-refractivity contribution < 1.29 is 19.8 Å². The van der Waals surface area contributed by atoms with Crippen LogP contribution in [-0.2, 0) is 16.1 Å². The second-order valence-electron chi connectivity index (χ2n) is 7.44. The molecule has 0 heterocycles. The van der Waals surface area contributed by atoms with E-state index < -0.39 is 12.1 Å². The highest BCUT2D eigenvalue weighted by molar-refractivity contribution is 5.98. The lowest BCUT2D eigenvalue weighted by atomic mass is 10.0. The standard InChI is InChI=1S/C24H26N2O3.H2O/c1-17(2)14-22(26-24(28)29-16-18-8-4-3-5-9-18)23(27)25-21-13-12-19-10-6-7-11-20(19)15-21;/h3-13,15,17,22H,14,16H2,1-2H3,(H,25,27)(H,26,28);1H2/t22-;/m0./s1. The number of fused-ring (bicyclic) bond motifs is 1. The van der Waals surface area contributed by atoms with Gasteiger partial charge >= 0.3 is 6.09 Å². The first-order chi connectivity index (χ1) is 14.0. The molecule has 0 aliphatic carbocycles. The molecule has 158 valence electrons. The molecule has 3 rings (SSSR count). The topological polar surface area (TPSA) is 98.9 Å². The third-order valence-corrected chi connectivity index (χ3v) is 4.55. The maximum atomic E-state index is 12.8. The molecule has 2 amide bonds. The number of alkyl carbamates (subject to hydrolysis) is 1. The molecule has 0 aliphatic heterocycles. The first-order valence-electron chi connectivity index (χ1n) is 9.78. The Labute approximate surface area is 176 Å². The largest absolute Gasteiger partial charge is 0.445 e. The van der Waals surface area contributed by atoms with Gasteiger partial charge in [0.2, 0.25) is 5.91 Å². The zero-order valence-electron chi connectivity index (χ0n) is 17.2. The molecule has 6 nitrogen and oxygen atoms in total. The molecule has 6 heteroatoms. The molecule has 3 aromatic rings. The lowest BCUT2D eigenvalue weighted by Gasteiger charge is -2.20. The molecule has 0 bridgehead atoms. The number of anilines is 1. The number of carbonyl (C=O) groups excluding carboxylic acids is 2. The number of amides is 2. The van der Waals surface area contributed by atoms with Gasteiger partial charge in [-0.05, 0) is 40.8 Å². The minimum atomic E-state index is -0.676. The Hall–Kier alpha value is -3.38. The maximum Gasteiger partial charge on any atom is 0.408 e. The molecule has 0 saturated carbocycles. The van der Waals surface area contributed by atoms with Gasteiger partial charge in [0.1, 0.15) is 12.6 Å². The van der Waals surface area contributed by atoms with Crippen molar-refractivity contribution in [3.05, 3.63) is 78.4 Å². The van der Waals surface area contributed by atoms with Crippen LogP contribution in [0.2, 0.25) is 0 Å². The molecule has 3 aromatic carbocycles. The summed E-state index contributed by atoms with van der Waals surface area (Å²) in [5.74, 6) is -0.0255. The summed E-state index contributed by atoms with van der Waals surface area (Å²) in [6, 6.07) is 22.5. The molecule has 0 aromatic heterocycles. The van der Waals surface area contributed by atoms with E-state index in [0.717, 1.165) is 16.3 Å². The van der Waals surface area contributed by atoms with Gasteiger partial charge in [0.25, 0.3) is 0 Å². The SMILES string of the molecule is CC(C)C[C@H](NC(=O)OCc1ccccc1)C(=O)Nc1ccc2ccccc2c1.O. The van der Waals surface area contributed by atoms with Crippen LogP contribution in [0.25, 0.3) is 10.8 Å². The van der Waals surface area contributed by atoms with Gasteiger partial charge in [-0.1, -0.05) is 74.5 Å². The Kier molecular flexibility index (Phi) is 8.38. The van der Waals surface area contributed by atoms with Crippen molar-refractivity contribution in [3.8, 4) is 0 Å². The second-order valence-corrected chi connectivity index (χ2v) is 7.44. The number of carbonyl (C=O) groups is 2.